The summed E-state index contributed by atoms with van der Waals surface area (Å²) in [5, 5.41) is 10.1. The fraction of sp³-hybridized carbons (Fsp3) is 0.364. The third-order valence-corrected chi connectivity index (χ3v) is 5.39. The third-order valence-electron chi connectivity index (χ3n) is 5.39. The first-order chi connectivity index (χ1) is 14.1. The van der Waals surface area contributed by atoms with Gasteiger partial charge in [0.05, 0.1) is 12.1 Å². The molecule has 1 amide bonds. The molecular formula is C22H23N5O2. The number of aryl methyl sites for hydroxylation is 2. The van der Waals surface area contributed by atoms with Crippen LogP contribution in [0.5, 0.6) is 5.75 Å². The maximum Gasteiger partial charge on any atom is 0.271 e. The zero-order chi connectivity index (χ0) is 20.0. The number of carbonyl (C=O) groups excluding carboxylic acids is 1. The lowest BCUT2D eigenvalue weighted by Gasteiger charge is -2.13. The van der Waals surface area contributed by atoms with E-state index in [4.69, 9.17) is 4.74 Å². The quantitative estimate of drug-likeness (QED) is 0.699. The van der Waals surface area contributed by atoms with Crippen molar-refractivity contribution in [2.24, 2.45) is 0 Å². The minimum atomic E-state index is -0.175. The second kappa shape index (κ2) is 6.99. The van der Waals surface area contributed by atoms with Crippen LogP contribution in [0.3, 0.4) is 0 Å². The molecule has 2 aromatic heterocycles. The average molecular weight is 389 g/mol. The van der Waals surface area contributed by atoms with Crippen LogP contribution < -0.4 is 10.1 Å². The number of H-pyrrole nitrogens is 1. The minimum absolute atomic E-state index is 0.122. The van der Waals surface area contributed by atoms with Gasteiger partial charge in [-0.25, -0.2) is 9.97 Å². The molecule has 2 aliphatic rings. The maximum absolute atomic E-state index is 12.4. The first-order valence-corrected chi connectivity index (χ1v) is 10.0. The normalized spacial score (nSPS) is 17.7. The van der Waals surface area contributed by atoms with Crippen LogP contribution in [0.4, 0.5) is 0 Å². The number of aromatic amines is 1. The molecule has 0 radical (unpaired) electrons. The highest BCUT2D eigenvalue weighted by molar-refractivity contribution is 5.92. The summed E-state index contributed by atoms with van der Waals surface area (Å²) in [5.74, 6) is 1.86. The standard InChI is InChI=1S/C22H23N5O2/c1-12-8-13(2)25-21(24-12)17-5-3-4-15-9-16(29-20(15)17)11-23-22(28)19-10-18(26-27-19)14-6-7-14/h3-5,8,10,14,16H,6-7,9,11H2,1-2H3,(H,23,28)(H,26,27)/t16-/m0/s1. The van der Waals surface area contributed by atoms with Crippen LogP contribution >= 0.6 is 0 Å². The zero-order valence-corrected chi connectivity index (χ0v) is 16.5. The maximum atomic E-state index is 12.4. The number of hydrogen-bond donors (Lipinski definition) is 2. The van der Waals surface area contributed by atoms with Gasteiger partial charge in [-0.05, 0) is 50.5 Å². The van der Waals surface area contributed by atoms with E-state index in [2.05, 4.69) is 31.5 Å². The van der Waals surface area contributed by atoms with Crippen molar-refractivity contribution in [3.63, 3.8) is 0 Å². The summed E-state index contributed by atoms with van der Waals surface area (Å²) in [6.45, 7) is 4.35. The SMILES string of the molecule is Cc1cc(C)nc(-c2cccc3c2O[C@H](CNC(=O)c2cc(C4CC4)[nH]n2)C3)n1. The molecule has 7 heteroatoms. The van der Waals surface area contributed by atoms with E-state index in [1.165, 1.54) is 12.8 Å². The lowest BCUT2D eigenvalue weighted by atomic mass is 10.1. The predicted molar refractivity (Wildman–Crippen MR) is 108 cm³/mol. The Labute approximate surface area is 168 Å². The number of aromatic nitrogens is 4. The zero-order valence-electron chi connectivity index (χ0n) is 16.5. The Hall–Kier alpha value is -3.22. The molecule has 1 atom stereocenters. The first-order valence-electron chi connectivity index (χ1n) is 10.0. The molecule has 3 heterocycles. The molecule has 1 saturated carbocycles. The van der Waals surface area contributed by atoms with E-state index >= 15 is 0 Å². The van der Waals surface area contributed by atoms with Crippen LogP contribution in [0, 0.1) is 13.8 Å². The lowest BCUT2D eigenvalue weighted by Crippen LogP contribution is -2.34. The van der Waals surface area contributed by atoms with Gasteiger partial charge >= 0.3 is 0 Å². The summed E-state index contributed by atoms with van der Waals surface area (Å²) >= 11 is 0. The monoisotopic (exact) mass is 389 g/mol. The van der Waals surface area contributed by atoms with Gasteiger partial charge in [0.2, 0.25) is 0 Å². The number of amides is 1. The summed E-state index contributed by atoms with van der Waals surface area (Å²) in [5.41, 5.74) is 5.35. The number of nitrogens with one attached hydrogen (secondary N) is 2. The van der Waals surface area contributed by atoms with Gasteiger partial charge in [-0.1, -0.05) is 12.1 Å². The molecule has 0 unspecified atom stereocenters. The smallest absolute Gasteiger partial charge is 0.271 e. The van der Waals surface area contributed by atoms with E-state index in [1.807, 2.05) is 38.1 Å². The second-order valence-electron chi connectivity index (χ2n) is 7.90. The van der Waals surface area contributed by atoms with Crippen molar-refractivity contribution in [3.8, 4) is 17.1 Å². The molecule has 29 heavy (non-hydrogen) atoms. The van der Waals surface area contributed by atoms with E-state index in [9.17, 15) is 4.79 Å². The molecule has 1 aliphatic carbocycles. The van der Waals surface area contributed by atoms with Gasteiger partial charge in [-0.3, -0.25) is 9.89 Å². The summed E-state index contributed by atoms with van der Waals surface area (Å²) < 4.78 is 6.19. The van der Waals surface area contributed by atoms with Crippen molar-refractivity contribution in [3.05, 3.63) is 58.7 Å². The predicted octanol–water partition coefficient (Wildman–Crippen LogP) is 3.09. The summed E-state index contributed by atoms with van der Waals surface area (Å²) in [7, 11) is 0. The van der Waals surface area contributed by atoms with Gasteiger partial charge in [-0.2, -0.15) is 5.10 Å². The molecule has 3 aromatic rings. The Balaban J connectivity index is 1.28. The molecular weight excluding hydrogens is 366 g/mol. The Morgan fingerprint density at radius 2 is 2.00 bits per heavy atom. The lowest BCUT2D eigenvalue weighted by molar-refractivity contribution is 0.0928. The van der Waals surface area contributed by atoms with E-state index in [1.54, 1.807) is 0 Å². The van der Waals surface area contributed by atoms with E-state index in [-0.39, 0.29) is 12.0 Å². The first kappa shape index (κ1) is 17.8. The van der Waals surface area contributed by atoms with Gasteiger partial charge < -0.3 is 10.1 Å². The molecule has 7 nitrogen and oxygen atoms in total. The number of fused-ring (bicyclic) bond motifs is 1. The van der Waals surface area contributed by atoms with Crippen molar-refractivity contribution in [1.82, 2.24) is 25.5 Å². The van der Waals surface area contributed by atoms with Crippen LogP contribution in [0.1, 0.15) is 51.9 Å². The van der Waals surface area contributed by atoms with Crippen molar-refractivity contribution < 1.29 is 9.53 Å². The Bertz CT molecular complexity index is 1070. The number of carbonyl (C=O) groups is 1. The van der Waals surface area contributed by atoms with Crippen LogP contribution in [0.2, 0.25) is 0 Å². The third kappa shape index (κ3) is 3.60. The average Bonchev–Trinajstić information content (AvgIpc) is 3.26. The summed E-state index contributed by atoms with van der Waals surface area (Å²) in [6.07, 6.45) is 2.96. The number of benzene rings is 1. The number of rotatable bonds is 5. The highest BCUT2D eigenvalue weighted by Gasteiger charge is 2.29. The molecule has 2 N–H and O–H groups in total. The van der Waals surface area contributed by atoms with Gasteiger partial charge in [0.1, 0.15) is 17.5 Å². The number of para-hydroxylation sites is 1. The molecule has 1 aliphatic heterocycles. The van der Waals surface area contributed by atoms with Crippen molar-refractivity contribution in [2.45, 2.75) is 45.1 Å². The highest BCUT2D eigenvalue weighted by Crippen LogP contribution is 2.39. The number of ether oxygens (including phenoxy) is 1. The van der Waals surface area contributed by atoms with Gasteiger partial charge in [-0.15, -0.1) is 0 Å². The molecule has 148 valence electrons. The Morgan fingerprint density at radius 1 is 1.21 bits per heavy atom. The van der Waals surface area contributed by atoms with E-state index < -0.39 is 0 Å². The fourth-order valence-electron chi connectivity index (χ4n) is 3.83. The Kier molecular flexibility index (Phi) is 4.30. The van der Waals surface area contributed by atoms with Crippen molar-refractivity contribution in [2.75, 3.05) is 6.54 Å². The largest absolute Gasteiger partial charge is 0.487 e. The molecule has 1 fully saturated rings. The fourth-order valence-corrected chi connectivity index (χ4v) is 3.83. The second-order valence-corrected chi connectivity index (χ2v) is 7.90. The van der Waals surface area contributed by atoms with Crippen LogP contribution in [-0.4, -0.2) is 38.7 Å². The summed E-state index contributed by atoms with van der Waals surface area (Å²) in [6, 6.07) is 9.85. The van der Waals surface area contributed by atoms with Crippen LogP contribution in [0.25, 0.3) is 11.4 Å². The van der Waals surface area contributed by atoms with Gasteiger partial charge in [0, 0.05) is 29.4 Å². The van der Waals surface area contributed by atoms with Crippen LogP contribution in [-0.2, 0) is 6.42 Å². The molecule has 1 aromatic carbocycles. The topological polar surface area (TPSA) is 92.8 Å². The summed E-state index contributed by atoms with van der Waals surface area (Å²) in [4.78, 5) is 21.6. The van der Waals surface area contributed by atoms with Crippen LogP contribution in [0.15, 0.2) is 30.3 Å². The highest BCUT2D eigenvalue weighted by atomic mass is 16.5. The van der Waals surface area contributed by atoms with Crippen molar-refractivity contribution in [1.29, 1.82) is 0 Å². The Morgan fingerprint density at radius 3 is 2.76 bits per heavy atom. The van der Waals surface area contributed by atoms with Gasteiger partial charge in [0.15, 0.2) is 5.82 Å². The number of nitrogens with zero attached hydrogens (tertiary/aromatic N) is 3. The minimum Gasteiger partial charge on any atom is -0.487 e. The van der Waals surface area contributed by atoms with E-state index in [0.29, 0.717) is 24.0 Å². The number of hydrogen-bond acceptors (Lipinski definition) is 5. The van der Waals surface area contributed by atoms with Gasteiger partial charge in [0.25, 0.3) is 5.91 Å². The van der Waals surface area contributed by atoms with E-state index in [0.717, 1.165) is 40.4 Å². The van der Waals surface area contributed by atoms with Crippen molar-refractivity contribution >= 4 is 5.91 Å². The molecule has 0 bridgehead atoms. The molecule has 5 rings (SSSR count). The molecule has 0 saturated heterocycles. The molecule has 0 spiro atoms.